The monoisotopic (exact) mass is 314 g/mol. The average molecular weight is 314 g/mol. The van der Waals surface area contributed by atoms with Crippen LogP contribution in [0.5, 0.6) is 0 Å². The van der Waals surface area contributed by atoms with Gasteiger partial charge in [-0.15, -0.1) is 10.2 Å². The zero-order valence-corrected chi connectivity index (χ0v) is 12.4. The first-order valence-corrected chi connectivity index (χ1v) is 7.13. The van der Waals surface area contributed by atoms with E-state index in [2.05, 4.69) is 40.8 Å². The van der Waals surface area contributed by atoms with E-state index < -0.39 is 0 Å². The van der Waals surface area contributed by atoms with Gasteiger partial charge in [-0.05, 0) is 36.4 Å². The van der Waals surface area contributed by atoms with Crippen molar-refractivity contribution >= 4 is 0 Å². The van der Waals surface area contributed by atoms with Crippen LogP contribution in [0, 0.1) is 0 Å². The minimum atomic E-state index is 0.562. The Kier molecular flexibility index (Phi) is 3.61. The Morgan fingerprint density at radius 1 is 0.542 bits per heavy atom. The molecule has 0 aliphatic heterocycles. The fourth-order valence-corrected chi connectivity index (χ4v) is 2.33. The average Bonchev–Trinajstić information content (AvgIpc) is 2.69. The highest BCUT2D eigenvalue weighted by atomic mass is 15.1. The summed E-state index contributed by atoms with van der Waals surface area (Å²) in [6.07, 6.45) is 6.46. The van der Waals surface area contributed by atoms with Gasteiger partial charge in [0.1, 0.15) is 11.4 Å². The molecule has 4 aromatic heterocycles. The van der Waals surface area contributed by atoms with E-state index in [1.54, 1.807) is 30.9 Å². The van der Waals surface area contributed by atoms with Crippen molar-refractivity contribution in [1.82, 2.24) is 40.8 Å². The number of nitrogens with zero attached hydrogens (tertiary/aromatic N) is 8. The Morgan fingerprint density at radius 2 is 1.12 bits per heavy atom. The lowest BCUT2D eigenvalue weighted by Gasteiger charge is -2.11. The van der Waals surface area contributed by atoms with E-state index in [4.69, 9.17) is 0 Å². The van der Waals surface area contributed by atoms with Crippen molar-refractivity contribution in [1.29, 1.82) is 0 Å². The van der Waals surface area contributed by atoms with Gasteiger partial charge in [0.25, 0.3) is 0 Å². The Balaban J connectivity index is 2.02. The predicted molar refractivity (Wildman–Crippen MR) is 85.1 cm³/mol. The van der Waals surface area contributed by atoms with Crippen molar-refractivity contribution in [2.24, 2.45) is 0 Å². The minimum Gasteiger partial charge on any atom is -0.159 e. The van der Waals surface area contributed by atoms with Gasteiger partial charge in [-0.1, -0.05) is 0 Å². The van der Waals surface area contributed by atoms with Gasteiger partial charge in [0.2, 0.25) is 0 Å². The summed E-state index contributed by atoms with van der Waals surface area (Å²) in [7, 11) is 0. The molecule has 4 rings (SSSR count). The quantitative estimate of drug-likeness (QED) is 0.564. The Morgan fingerprint density at radius 3 is 1.71 bits per heavy atom. The van der Waals surface area contributed by atoms with Crippen LogP contribution >= 0.6 is 0 Å². The molecule has 8 heteroatoms. The van der Waals surface area contributed by atoms with E-state index in [1.165, 1.54) is 0 Å². The third kappa shape index (κ3) is 2.56. The summed E-state index contributed by atoms with van der Waals surface area (Å²) in [5, 5.41) is 32.7. The molecular weight excluding hydrogens is 304 g/mol. The molecule has 0 aliphatic carbocycles. The topological polar surface area (TPSA) is 103 Å². The third-order valence-corrected chi connectivity index (χ3v) is 3.34. The molecule has 0 N–H and O–H groups in total. The van der Waals surface area contributed by atoms with Crippen LogP contribution in [0.2, 0.25) is 0 Å². The fourth-order valence-electron chi connectivity index (χ4n) is 2.33. The SMILES string of the molecule is c1cnnc(-c2cnnc(-c3cccnn3)c2-c2cccnn2)c1. The first kappa shape index (κ1) is 13.9. The first-order valence-electron chi connectivity index (χ1n) is 7.13. The molecule has 0 saturated carbocycles. The van der Waals surface area contributed by atoms with Gasteiger partial charge in [-0.3, -0.25) is 0 Å². The first-order chi connectivity index (χ1) is 11.9. The smallest absolute Gasteiger partial charge is 0.123 e. The van der Waals surface area contributed by atoms with E-state index in [0.717, 1.165) is 11.1 Å². The zero-order chi connectivity index (χ0) is 16.2. The number of rotatable bonds is 3. The van der Waals surface area contributed by atoms with Crippen molar-refractivity contribution in [3.63, 3.8) is 0 Å². The maximum atomic E-state index is 4.24. The Hall–Kier alpha value is -3.68. The largest absolute Gasteiger partial charge is 0.159 e. The predicted octanol–water partition coefficient (Wildman–Crippen LogP) is 1.85. The van der Waals surface area contributed by atoms with Gasteiger partial charge in [0.05, 0.1) is 17.6 Å². The number of hydrogen-bond donors (Lipinski definition) is 0. The van der Waals surface area contributed by atoms with E-state index in [1.807, 2.05) is 30.3 Å². The lowest BCUT2D eigenvalue weighted by atomic mass is 10.00. The van der Waals surface area contributed by atoms with Crippen molar-refractivity contribution in [2.75, 3.05) is 0 Å². The summed E-state index contributed by atoms with van der Waals surface area (Å²) in [5.74, 6) is 0. The summed E-state index contributed by atoms with van der Waals surface area (Å²) < 4.78 is 0. The van der Waals surface area contributed by atoms with Crippen LogP contribution in [0.3, 0.4) is 0 Å². The lowest BCUT2D eigenvalue weighted by molar-refractivity contribution is 0.976. The molecule has 4 aromatic rings. The molecule has 24 heavy (non-hydrogen) atoms. The summed E-state index contributed by atoms with van der Waals surface area (Å²) in [6.45, 7) is 0. The summed E-state index contributed by atoms with van der Waals surface area (Å²) in [6, 6.07) is 10.9. The highest BCUT2D eigenvalue weighted by molar-refractivity contribution is 5.88. The summed E-state index contributed by atoms with van der Waals surface area (Å²) in [5.41, 5.74) is 3.95. The molecule has 0 unspecified atom stereocenters. The maximum Gasteiger partial charge on any atom is 0.123 e. The molecule has 0 spiro atoms. The molecule has 0 atom stereocenters. The molecule has 0 fully saturated rings. The van der Waals surface area contributed by atoms with Crippen LogP contribution in [0.15, 0.2) is 61.2 Å². The van der Waals surface area contributed by atoms with Gasteiger partial charge in [0, 0.05) is 29.7 Å². The molecule has 0 aliphatic rings. The highest BCUT2D eigenvalue weighted by Crippen LogP contribution is 2.34. The third-order valence-electron chi connectivity index (χ3n) is 3.34. The molecule has 0 saturated heterocycles. The minimum absolute atomic E-state index is 0.562. The van der Waals surface area contributed by atoms with Crippen LogP contribution in [0.25, 0.3) is 33.9 Å². The van der Waals surface area contributed by atoms with Crippen molar-refractivity contribution < 1.29 is 0 Å². The standard InChI is InChI=1S/C16H10N8/c1-4-12(21-17-7-1)11-10-20-24-16(14-6-3-9-19-23-14)15(11)13-5-2-8-18-22-13/h1-10H. The highest BCUT2D eigenvalue weighted by Gasteiger charge is 2.19. The van der Waals surface area contributed by atoms with Gasteiger partial charge < -0.3 is 0 Å². The van der Waals surface area contributed by atoms with Gasteiger partial charge in [-0.25, -0.2) is 0 Å². The number of hydrogen-bond acceptors (Lipinski definition) is 8. The molecule has 4 heterocycles. The Labute approximate surface area is 136 Å². The molecule has 114 valence electrons. The Bertz CT molecular complexity index is 888. The van der Waals surface area contributed by atoms with Crippen LogP contribution in [-0.4, -0.2) is 40.8 Å². The van der Waals surface area contributed by atoms with Crippen molar-refractivity contribution in [3.05, 3.63) is 61.2 Å². The van der Waals surface area contributed by atoms with Crippen LogP contribution in [0.4, 0.5) is 0 Å². The van der Waals surface area contributed by atoms with Crippen LogP contribution in [-0.2, 0) is 0 Å². The molecular formula is C16H10N8. The van der Waals surface area contributed by atoms with E-state index >= 15 is 0 Å². The van der Waals surface area contributed by atoms with Crippen molar-refractivity contribution in [2.45, 2.75) is 0 Å². The van der Waals surface area contributed by atoms with Crippen LogP contribution in [0.1, 0.15) is 0 Å². The van der Waals surface area contributed by atoms with Gasteiger partial charge >= 0.3 is 0 Å². The molecule has 0 aromatic carbocycles. The second-order valence-corrected chi connectivity index (χ2v) is 4.81. The lowest BCUT2D eigenvalue weighted by Crippen LogP contribution is -2.01. The number of aromatic nitrogens is 8. The molecule has 0 bridgehead atoms. The summed E-state index contributed by atoms with van der Waals surface area (Å²) >= 11 is 0. The zero-order valence-electron chi connectivity index (χ0n) is 12.4. The second-order valence-electron chi connectivity index (χ2n) is 4.81. The van der Waals surface area contributed by atoms with Crippen molar-refractivity contribution in [3.8, 4) is 33.9 Å². The molecule has 0 amide bonds. The van der Waals surface area contributed by atoms with Gasteiger partial charge in [0.15, 0.2) is 0 Å². The van der Waals surface area contributed by atoms with E-state index in [9.17, 15) is 0 Å². The van der Waals surface area contributed by atoms with Gasteiger partial charge in [-0.2, -0.15) is 30.6 Å². The summed E-state index contributed by atoms with van der Waals surface area (Å²) in [4.78, 5) is 0. The maximum absolute atomic E-state index is 4.24. The second kappa shape index (κ2) is 6.21. The molecule has 0 radical (unpaired) electrons. The normalized spacial score (nSPS) is 10.5. The van der Waals surface area contributed by atoms with E-state index in [0.29, 0.717) is 22.8 Å². The van der Waals surface area contributed by atoms with E-state index in [-0.39, 0.29) is 0 Å². The van der Waals surface area contributed by atoms with Crippen LogP contribution < -0.4 is 0 Å². The molecule has 8 nitrogen and oxygen atoms in total. The fraction of sp³-hybridized carbons (Fsp3) is 0.